The Bertz CT molecular complexity index is 1230. The fourth-order valence-electron chi connectivity index (χ4n) is 3.23. The lowest BCUT2D eigenvalue weighted by Gasteiger charge is -2.07. The zero-order valence-electron chi connectivity index (χ0n) is 17.2. The van der Waals surface area contributed by atoms with Crippen LogP contribution < -0.4 is 10.3 Å². The largest absolute Gasteiger partial charge is 0.483 e. The van der Waals surface area contributed by atoms with Crippen molar-refractivity contribution < 1.29 is 9.53 Å². The van der Waals surface area contributed by atoms with Gasteiger partial charge in [0.2, 0.25) is 0 Å². The highest BCUT2D eigenvalue weighted by Crippen LogP contribution is 2.23. The number of benzene rings is 2. The van der Waals surface area contributed by atoms with Crippen molar-refractivity contribution >= 4 is 17.1 Å². The highest BCUT2D eigenvalue weighted by atomic mass is 32.1. The molecule has 2 aromatic carbocycles. The summed E-state index contributed by atoms with van der Waals surface area (Å²) in [6.45, 7) is 2.11. The number of Topliss-reactive ketones (excluding diaryl/α,β-unsaturated/α-hetero) is 1. The van der Waals surface area contributed by atoms with Gasteiger partial charge in [-0.1, -0.05) is 72.0 Å². The molecule has 4 aromatic rings. The SMILES string of the molecule is Cc1nc(-n2cccc(OCc3ccccc3)c2=O)sc1C(=O)CCc1ccccc1. The number of rotatable bonds is 8. The van der Waals surface area contributed by atoms with Crippen LogP contribution in [0.3, 0.4) is 0 Å². The topological polar surface area (TPSA) is 61.2 Å². The van der Waals surface area contributed by atoms with Gasteiger partial charge in [0.25, 0.3) is 5.56 Å². The Kier molecular flexibility index (Phi) is 6.38. The average molecular weight is 431 g/mol. The molecule has 0 bridgehead atoms. The number of ketones is 1. The number of hydrogen-bond donors (Lipinski definition) is 0. The van der Waals surface area contributed by atoms with Crippen LogP contribution in [0, 0.1) is 6.92 Å². The van der Waals surface area contributed by atoms with Crippen LogP contribution >= 0.6 is 11.3 Å². The van der Waals surface area contributed by atoms with Gasteiger partial charge in [0.1, 0.15) is 6.61 Å². The zero-order chi connectivity index (χ0) is 21.6. The fourth-order valence-corrected chi connectivity index (χ4v) is 4.25. The van der Waals surface area contributed by atoms with E-state index >= 15 is 0 Å². The van der Waals surface area contributed by atoms with E-state index in [0.717, 1.165) is 11.1 Å². The van der Waals surface area contributed by atoms with E-state index in [1.54, 1.807) is 25.3 Å². The quantitative estimate of drug-likeness (QED) is 0.369. The van der Waals surface area contributed by atoms with Crippen molar-refractivity contribution in [2.75, 3.05) is 0 Å². The summed E-state index contributed by atoms with van der Waals surface area (Å²) in [5, 5.41) is 0.468. The number of aromatic nitrogens is 2. The summed E-state index contributed by atoms with van der Waals surface area (Å²) < 4.78 is 7.17. The first-order valence-corrected chi connectivity index (χ1v) is 10.9. The molecule has 6 heteroatoms. The van der Waals surface area contributed by atoms with Crippen LogP contribution in [0.4, 0.5) is 0 Å². The van der Waals surface area contributed by atoms with Crippen molar-refractivity contribution in [3.05, 3.63) is 111 Å². The lowest BCUT2D eigenvalue weighted by Crippen LogP contribution is -2.19. The van der Waals surface area contributed by atoms with Crippen LogP contribution in [0.1, 0.15) is 32.9 Å². The van der Waals surface area contributed by atoms with E-state index < -0.39 is 0 Å². The second-order valence-corrected chi connectivity index (χ2v) is 8.12. The molecule has 0 N–H and O–H groups in total. The number of aryl methyl sites for hydroxylation is 2. The highest BCUT2D eigenvalue weighted by Gasteiger charge is 2.17. The van der Waals surface area contributed by atoms with Crippen LogP contribution in [-0.4, -0.2) is 15.3 Å². The van der Waals surface area contributed by atoms with Crippen molar-refractivity contribution in [2.45, 2.75) is 26.4 Å². The molecule has 0 amide bonds. The van der Waals surface area contributed by atoms with Crippen LogP contribution in [0.2, 0.25) is 0 Å². The van der Waals surface area contributed by atoms with Gasteiger partial charge in [-0.25, -0.2) is 4.98 Å². The third kappa shape index (κ3) is 4.98. The number of carbonyl (C=O) groups is 1. The molecule has 0 unspecified atom stereocenters. The predicted molar refractivity (Wildman–Crippen MR) is 122 cm³/mol. The number of hydrogen-bond acceptors (Lipinski definition) is 5. The molecule has 0 aliphatic heterocycles. The second kappa shape index (κ2) is 9.53. The van der Waals surface area contributed by atoms with Crippen molar-refractivity contribution in [1.29, 1.82) is 0 Å². The van der Waals surface area contributed by atoms with Gasteiger partial charge in [0, 0.05) is 12.6 Å². The van der Waals surface area contributed by atoms with E-state index in [1.807, 2.05) is 60.7 Å². The van der Waals surface area contributed by atoms with Gasteiger partial charge in [-0.2, -0.15) is 0 Å². The monoisotopic (exact) mass is 430 g/mol. The Morgan fingerprint density at radius 1 is 0.968 bits per heavy atom. The van der Waals surface area contributed by atoms with Crippen LogP contribution in [0.25, 0.3) is 5.13 Å². The Labute approximate surface area is 184 Å². The van der Waals surface area contributed by atoms with Gasteiger partial charge < -0.3 is 4.74 Å². The number of ether oxygens (including phenoxy) is 1. The van der Waals surface area contributed by atoms with Crippen LogP contribution in [0.5, 0.6) is 5.75 Å². The molecule has 2 aromatic heterocycles. The normalized spacial score (nSPS) is 10.7. The average Bonchev–Trinajstić information content (AvgIpc) is 3.19. The fraction of sp³-hybridized carbons (Fsp3) is 0.160. The van der Waals surface area contributed by atoms with Crippen molar-refractivity contribution in [3.8, 4) is 10.9 Å². The summed E-state index contributed by atoms with van der Waals surface area (Å²) in [4.78, 5) is 30.7. The standard InChI is InChI=1S/C25H22N2O3S/c1-18-23(21(28)15-14-19-9-4-2-5-10-19)31-25(26-18)27-16-8-13-22(24(27)29)30-17-20-11-6-3-7-12-20/h2-13,16H,14-15,17H2,1H3. The molecular weight excluding hydrogens is 408 g/mol. The second-order valence-electron chi connectivity index (χ2n) is 7.14. The van der Waals surface area contributed by atoms with E-state index in [4.69, 9.17) is 4.74 Å². The Balaban J connectivity index is 1.51. The first-order valence-electron chi connectivity index (χ1n) is 10.0. The van der Waals surface area contributed by atoms with Crippen molar-refractivity contribution in [3.63, 3.8) is 0 Å². The molecule has 0 atom stereocenters. The summed E-state index contributed by atoms with van der Waals surface area (Å²) in [7, 11) is 0. The lowest BCUT2D eigenvalue weighted by molar-refractivity contribution is 0.0986. The Morgan fingerprint density at radius 3 is 2.35 bits per heavy atom. The molecule has 0 radical (unpaired) electrons. The maximum Gasteiger partial charge on any atom is 0.299 e. The lowest BCUT2D eigenvalue weighted by atomic mass is 10.1. The Hall–Kier alpha value is -3.51. The molecule has 0 aliphatic rings. The Morgan fingerprint density at radius 2 is 1.65 bits per heavy atom. The molecule has 4 rings (SSSR count). The summed E-state index contributed by atoms with van der Waals surface area (Å²) >= 11 is 1.24. The van der Waals surface area contributed by atoms with E-state index in [9.17, 15) is 9.59 Å². The highest BCUT2D eigenvalue weighted by molar-refractivity contribution is 7.16. The minimum absolute atomic E-state index is 0.0367. The summed E-state index contributed by atoms with van der Waals surface area (Å²) in [5.74, 6) is 0.283. The first-order chi connectivity index (χ1) is 15.1. The molecule has 0 saturated heterocycles. The number of thiazole rings is 1. The number of nitrogens with zero attached hydrogens (tertiary/aromatic N) is 2. The molecule has 156 valence electrons. The van der Waals surface area contributed by atoms with E-state index in [1.165, 1.54) is 15.9 Å². The summed E-state index contributed by atoms with van der Waals surface area (Å²) in [6.07, 6.45) is 2.73. The van der Waals surface area contributed by atoms with Gasteiger partial charge >= 0.3 is 0 Å². The van der Waals surface area contributed by atoms with Gasteiger partial charge in [-0.3, -0.25) is 14.2 Å². The van der Waals surface area contributed by atoms with Crippen molar-refractivity contribution in [1.82, 2.24) is 9.55 Å². The molecule has 2 heterocycles. The summed E-state index contributed by atoms with van der Waals surface area (Å²) in [5.41, 5.74) is 2.45. The van der Waals surface area contributed by atoms with Crippen LogP contribution in [-0.2, 0) is 13.0 Å². The molecule has 0 fully saturated rings. The predicted octanol–water partition coefficient (Wildman–Crippen LogP) is 5.00. The molecule has 0 saturated carbocycles. The van der Waals surface area contributed by atoms with Crippen molar-refractivity contribution in [2.24, 2.45) is 0 Å². The third-order valence-electron chi connectivity index (χ3n) is 4.88. The molecule has 0 spiro atoms. The first kappa shape index (κ1) is 20.8. The van der Waals surface area contributed by atoms with Gasteiger partial charge in [-0.15, -0.1) is 0 Å². The molecule has 5 nitrogen and oxygen atoms in total. The van der Waals surface area contributed by atoms with Crippen LogP contribution in [0.15, 0.2) is 83.8 Å². The van der Waals surface area contributed by atoms with E-state index in [-0.39, 0.29) is 17.1 Å². The number of pyridine rings is 1. The minimum Gasteiger partial charge on any atom is -0.483 e. The number of carbonyl (C=O) groups excluding carboxylic acids is 1. The third-order valence-corrected chi connectivity index (χ3v) is 6.08. The molecule has 31 heavy (non-hydrogen) atoms. The van der Waals surface area contributed by atoms with E-state index in [0.29, 0.717) is 35.2 Å². The molecular formula is C25H22N2O3S. The van der Waals surface area contributed by atoms with E-state index in [2.05, 4.69) is 4.98 Å². The summed E-state index contributed by atoms with van der Waals surface area (Å²) in [6, 6.07) is 23.0. The zero-order valence-corrected chi connectivity index (χ0v) is 18.0. The van der Waals surface area contributed by atoms with Gasteiger partial charge in [0.15, 0.2) is 16.7 Å². The maximum absolute atomic E-state index is 12.9. The van der Waals surface area contributed by atoms with Gasteiger partial charge in [0.05, 0.1) is 10.6 Å². The van der Waals surface area contributed by atoms with Gasteiger partial charge in [-0.05, 0) is 36.6 Å². The smallest absolute Gasteiger partial charge is 0.299 e. The molecule has 0 aliphatic carbocycles. The maximum atomic E-state index is 12.9. The minimum atomic E-state index is -0.296.